The van der Waals surface area contributed by atoms with E-state index in [1.54, 1.807) is 18.2 Å². The molecular weight excluding hydrogens is 426 g/mol. The smallest absolute Gasteiger partial charge is 0.262 e. The molecule has 9 heteroatoms. The Balaban J connectivity index is 1.37. The molecule has 3 N–H and O–H groups in total. The molecule has 1 aromatic heterocycles. The van der Waals surface area contributed by atoms with Crippen LogP contribution in [0.3, 0.4) is 0 Å². The van der Waals surface area contributed by atoms with E-state index >= 15 is 0 Å². The van der Waals surface area contributed by atoms with Gasteiger partial charge in [-0.15, -0.1) is 0 Å². The molecule has 32 heavy (non-hydrogen) atoms. The number of benzene rings is 2. The second-order valence-corrected chi connectivity index (χ2v) is 9.28. The van der Waals surface area contributed by atoms with Crippen LogP contribution < -0.4 is 15.6 Å². The number of fused-ring (bicyclic) bond motifs is 1. The summed E-state index contributed by atoms with van der Waals surface area (Å²) < 4.78 is 29.0. The lowest BCUT2D eigenvalue weighted by molar-refractivity contribution is -0.115. The SMILES string of the molecule is N#CCCn1cc(C=CC(=O)NNc2ccc(S(=O)(=O)NC3CC3)cc2)c2ccccc21. The van der Waals surface area contributed by atoms with Crippen molar-refractivity contribution < 1.29 is 13.2 Å². The molecule has 0 aliphatic heterocycles. The van der Waals surface area contributed by atoms with Crippen LogP contribution in [0, 0.1) is 11.3 Å². The predicted molar refractivity (Wildman–Crippen MR) is 123 cm³/mol. The Morgan fingerprint density at radius 2 is 1.91 bits per heavy atom. The second kappa shape index (κ2) is 9.26. The lowest BCUT2D eigenvalue weighted by Crippen LogP contribution is -2.28. The number of aryl methyl sites for hydroxylation is 1. The summed E-state index contributed by atoms with van der Waals surface area (Å²) in [5.74, 6) is -0.356. The number of nitrogens with one attached hydrogen (secondary N) is 3. The molecule has 1 heterocycles. The largest absolute Gasteiger partial charge is 0.346 e. The van der Waals surface area contributed by atoms with E-state index in [0.29, 0.717) is 18.7 Å². The normalized spacial score (nSPS) is 13.8. The van der Waals surface area contributed by atoms with Crippen LogP contribution in [0.15, 0.2) is 65.7 Å². The average molecular weight is 450 g/mol. The van der Waals surface area contributed by atoms with Crippen LogP contribution in [0.1, 0.15) is 24.8 Å². The number of nitrogens with zero attached hydrogens (tertiary/aromatic N) is 2. The number of aromatic nitrogens is 1. The van der Waals surface area contributed by atoms with E-state index in [1.165, 1.54) is 18.2 Å². The number of hydrogen-bond acceptors (Lipinski definition) is 5. The summed E-state index contributed by atoms with van der Waals surface area (Å²) >= 11 is 0. The summed E-state index contributed by atoms with van der Waals surface area (Å²) in [4.78, 5) is 12.4. The van der Waals surface area contributed by atoms with Crippen molar-refractivity contribution in [3.63, 3.8) is 0 Å². The number of hydrogen-bond donors (Lipinski definition) is 3. The number of rotatable bonds is 9. The van der Waals surface area contributed by atoms with E-state index in [0.717, 1.165) is 29.3 Å². The highest BCUT2D eigenvalue weighted by molar-refractivity contribution is 7.89. The van der Waals surface area contributed by atoms with E-state index in [2.05, 4.69) is 21.6 Å². The van der Waals surface area contributed by atoms with Crippen molar-refractivity contribution in [3.8, 4) is 6.07 Å². The van der Waals surface area contributed by atoms with Gasteiger partial charge in [0.25, 0.3) is 5.91 Å². The molecule has 0 atom stereocenters. The topological polar surface area (TPSA) is 116 Å². The van der Waals surface area contributed by atoms with Gasteiger partial charge in [-0.1, -0.05) is 18.2 Å². The first kappa shape index (κ1) is 21.6. The van der Waals surface area contributed by atoms with Crippen molar-refractivity contribution in [1.29, 1.82) is 5.26 Å². The Hall–Kier alpha value is -3.61. The van der Waals surface area contributed by atoms with Gasteiger partial charge in [-0.05, 0) is 49.2 Å². The minimum atomic E-state index is -3.50. The standard InChI is InChI=1S/C23H23N5O3S/c24-14-3-15-28-16-17(21-4-1-2-5-22(21)28)6-13-23(29)26-25-18-9-11-20(12-10-18)32(30,31)27-19-7-8-19/h1-2,4-6,9-13,16,19,25,27H,3,7-8,15H2,(H,26,29). The first-order chi connectivity index (χ1) is 15.5. The third kappa shape index (κ3) is 5.17. The van der Waals surface area contributed by atoms with Crippen LogP contribution in [0.25, 0.3) is 17.0 Å². The lowest BCUT2D eigenvalue weighted by Gasteiger charge is -2.09. The third-order valence-corrected chi connectivity index (χ3v) is 6.63. The molecule has 3 aromatic rings. The molecule has 1 amide bonds. The molecule has 0 saturated heterocycles. The summed E-state index contributed by atoms with van der Waals surface area (Å²) in [5, 5.41) is 9.86. The molecule has 0 unspecified atom stereocenters. The Morgan fingerprint density at radius 1 is 1.16 bits per heavy atom. The quantitative estimate of drug-likeness (QED) is 0.343. The van der Waals surface area contributed by atoms with Gasteiger partial charge in [-0.25, -0.2) is 13.1 Å². The zero-order valence-electron chi connectivity index (χ0n) is 17.3. The van der Waals surface area contributed by atoms with Crippen LogP contribution in [0.4, 0.5) is 5.69 Å². The van der Waals surface area contributed by atoms with Gasteiger partial charge in [-0.2, -0.15) is 5.26 Å². The Bertz CT molecular complexity index is 1300. The van der Waals surface area contributed by atoms with Gasteiger partial charge in [0.2, 0.25) is 10.0 Å². The van der Waals surface area contributed by atoms with E-state index < -0.39 is 10.0 Å². The van der Waals surface area contributed by atoms with E-state index in [4.69, 9.17) is 5.26 Å². The van der Waals surface area contributed by atoms with Crippen molar-refractivity contribution in [2.24, 2.45) is 0 Å². The molecule has 2 aromatic carbocycles. The van der Waals surface area contributed by atoms with Gasteiger partial charge in [0.1, 0.15) is 0 Å². The summed E-state index contributed by atoms with van der Waals surface area (Å²) in [6.45, 7) is 0.584. The maximum atomic E-state index is 12.2. The number of anilines is 1. The van der Waals surface area contributed by atoms with Crippen LogP contribution in [-0.2, 0) is 21.4 Å². The molecular formula is C23H23N5O3S. The van der Waals surface area contributed by atoms with Gasteiger partial charge < -0.3 is 4.57 Å². The molecule has 0 radical (unpaired) electrons. The highest BCUT2D eigenvalue weighted by Crippen LogP contribution is 2.24. The minimum Gasteiger partial charge on any atom is -0.346 e. The van der Waals surface area contributed by atoms with Crippen LogP contribution >= 0.6 is 0 Å². The number of para-hydroxylation sites is 1. The molecule has 0 bridgehead atoms. The number of sulfonamides is 1. The summed E-state index contributed by atoms with van der Waals surface area (Å²) in [7, 11) is -3.50. The van der Waals surface area contributed by atoms with Crippen molar-refractivity contribution >= 4 is 38.6 Å². The number of carbonyl (C=O) groups excluding carboxylic acids is 1. The predicted octanol–water partition coefficient (Wildman–Crippen LogP) is 3.15. The summed E-state index contributed by atoms with van der Waals surface area (Å²) in [6, 6.07) is 16.2. The number of hydrazine groups is 1. The molecule has 1 aliphatic carbocycles. The van der Waals surface area contributed by atoms with Crippen molar-refractivity contribution in [2.75, 3.05) is 5.43 Å². The highest BCUT2D eigenvalue weighted by atomic mass is 32.2. The van der Waals surface area contributed by atoms with Gasteiger partial charge in [0, 0.05) is 41.3 Å². The molecule has 1 aliphatic rings. The van der Waals surface area contributed by atoms with Gasteiger partial charge in [-0.3, -0.25) is 15.6 Å². The molecule has 164 valence electrons. The van der Waals surface area contributed by atoms with Crippen molar-refractivity contribution in [1.82, 2.24) is 14.7 Å². The summed E-state index contributed by atoms with van der Waals surface area (Å²) in [5.41, 5.74) is 7.79. The first-order valence-electron chi connectivity index (χ1n) is 10.3. The van der Waals surface area contributed by atoms with Gasteiger partial charge in [0.05, 0.1) is 23.1 Å². The van der Waals surface area contributed by atoms with Crippen molar-refractivity contribution in [2.45, 2.75) is 36.7 Å². The van der Waals surface area contributed by atoms with E-state index in [9.17, 15) is 13.2 Å². The molecule has 8 nitrogen and oxygen atoms in total. The van der Waals surface area contributed by atoms with Crippen molar-refractivity contribution in [3.05, 3.63) is 66.4 Å². The van der Waals surface area contributed by atoms with Gasteiger partial charge >= 0.3 is 0 Å². The van der Waals surface area contributed by atoms with E-state index in [-0.39, 0.29) is 16.8 Å². The maximum absolute atomic E-state index is 12.2. The third-order valence-electron chi connectivity index (χ3n) is 5.09. The Morgan fingerprint density at radius 3 is 2.62 bits per heavy atom. The first-order valence-corrected chi connectivity index (χ1v) is 11.8. The van der Waals surface area contributed by atoms with Crippen LogP contribution in [0.5, 0.6) is 0 Å². The average Bonchev–Trinajstić information content (AvgIpc) is 3.53. The number of amides is 1. The molecule has 0 spiro atoms. The lowest BCUT2D eigenvalue weighted by atomic mass is 10.1. The number of nitriles is 1. The van der Waals surface area contributed by atoms with Crippen LogP contribution in [0.2, 0.25) is 0 Å². The van der Waals surface area contributed by atoms with Crippen LogP contribution in [-0.4, -0.2) is 24.9 Å². The monoisotopic (exact) mass is 449 g/mol. The second-order valence-electron chi connectivity index (χ2n) is 7.57. The fraction of sp³-hybridized carbons (Fsp3) is 0.217. The Labute approximate surface area is 186 Å². The molecule has 1 saturated carbocycles. The highest BCUT2D eigenvalue weighted by Gasteiger charge is 2.27. The fourth-order valence-electron chi connectivity index (χ4n) is 3.31. The number of carbonyl (C=O) groups is 1. The molecule has 4 rings (SSSR count). The van der Waals surface area contributed by atoms with Gasteiger partial charge in [0.15, 0.2) is 0 Å². The molecule has 1 fully saturated rings. The Kier molecular flexibility index (Phi) is 6.25. The fourth-order valence-corrected chi connectivity index (χ4v) is 4.62. The zero-order chi connectivity index (χ0) is 22.6. The zero-order valence-corrected chi connectivity index (χ0v) is 18.1. The minimum absolute atomic E-state index is 0.0456. The summed E-state index contributed by atoms with van der Waals surface area (Å²) in [6.07, 6.45) is 7.22. The maximum Gasteiger partial charge on any atom is 0.262 e. The van der Waals surface area contributed by atoms with E-state index in [1.807, 2.05) is 35.0 Å².